The highest BCUT2D eigenvalue weighted by Gasteiger charge is 2.28. The van der Waals surface area contributed by atoms with Crippen molar-refractivity contribution in [2.24, 2.45) is 7.05 Å². The summed E-state index contributed by atoms with van der Waals surface area (Å²) in [6.45, 7) is 0.823. The van der Waals surface area contributed by atoms with Gasteiger partial charge >= 0.3 is 0 Å². The zero-order valence-electron chi connectivity index (χ0n) is 13.5. The number of benzene rings is 1. The lowest BCUT2D eigenvalue weighted by Gasteiger charge is -2.14. The Bertz CT molecular complexity index is 966. The maximum absolute atomic E-state index is 13.1. The Morgan fingerprint density at radius 2 is 2.00 bits per heavy atom. The molecule has 2 aromatic heterocycles. The van der Waals surface area contributed by atoms with Gasteiger partial charge in [0.1, 0.15) is 11.5 Å². The van der Waals surface area contributed by atoms with Crippen molar-refractivity contribution in [2.75, 3.05) is 5.73 Å². The molecule has 1 aromatic carbocycles. The van der Waals surface area contributed by atoms with Crippen LogP contribution in [0.5, 0.6) is 0 Å². The Labute approximate surface area is 142 Å². The van der Waals surface area contributed by atoms with Crippen LogP contribution in [-0.2, 0) is 20.1 Å². The second-order valence-electron chi connectivity index (χ2n) is 5.91. The number of carbonyl (C=O) groups excluding carboxylic acids is 1. The van der Waals surface area contributed by atoms with Crippen molar-refractivity contribution in [3.05, 3.63) is 59.3 Å². The minimum absolute atomic E-state index is 0.153. The average molecular weight is 338 g/mol. The van der Waals surface area contributed by atoms with Gasteiger partial charge in [-0.2, -0.15) is 5.10 Å². The maximum atomic E-state index is 13.1. The molecule has 3 aromatic rings. The van der Waals surface area contributed by atoms with Crippen LogP contribution in [-0.4, -0.2) is 30.6 Å². The molecule has 0 aliphatic carbocycles. The van der Waals surface area contributed by atoms with E-state index < -0.39 is 0 Å². The standard InChI is InChI=1S/C17H15FN6O/c1-23-15(6-13(22-23)10-2-4-12(18)5-3-10)16(25)24-8-11-7-20-17(19)21-14(11)9-24/h2-7H,8-9H2,1H3,(H2,19,20,21). The van der Waals surface area contributed by atoms with E-state index >= 15 is 0 Å². The van der Waals surface area contributed by atoms with Crippen LogP contribution in [0.15, 0.2) is 36.5 Å². The number of amides is 1. The van der Waals surface area contributed by atoms with Gasteiger partial charge in [-0.25, -0.2) is 14.4 Å². The largest absolute Gasteiger partial charge is 0.368 e. The number of rotatable bonds is 2. The Morgan fingerprint density at radius 3 is 2.76 bits per heavy atom. The second-order valence-corrected chi connectivity index (χ2v) is 5.91. The predicted octanol–water partition coefficient (Wildman–Crippen LogP) is 1.75. The highest BCUT2D eigenvalue weighted by Crippen LogP contribution is 2.25. The summed E-state index contributed by atoms with van der Waals surface area (Å²) in [5.74, 6) is -0.265. The first kappa shape index (κ1) is 15.3. The highest BCUT2D eigenvalue weighted by molar-refractivity contribution is 5.94. The van der Waals surface area contributed by atoms with Gasteiger partial charge < -0.3 is 10.6 Å². The van der Waals surface area contributed by atoms with Gasteiger partial charge in [0.25, 0.3) is 5.91 Å². The molecule has 25 heavy (non-hydrogen) atoms. The number of fused-ring (bicyclic) bond motifs is 1. The minimum Gasteiger partial charge on any atom is -0.368 e. The number of aryl methyl sites for hydroxylation is 1. The average Bonchev–Trinajstić information content (AvgIpc) is 3.18. The van der Waals surface area contributed by atoms with Crippen LogP contribution in [0, 0.1) is 5.82 Å². The lowest BCUT2D eigenvalue weighted by Crippen LogP contribution is -2.27. The van der Waals surface area contributed by atoms with E-state index in [4.69, 9.17) is 5.73 Å². The number of carbonyl (C=O) groups is 1. The van der Waals surface area contributed by atoms with Crippen molar-refractivity contribution in [1.29, 1.82) is 0 Å². The summed E-state index contributed by atoms with van der Waals surface area (Å²) >= 11 is 0. The Morgan fingerprint density at radius 1 is 1.24 bits per heavy atom. The lowest BCUT2D eigenvalue weighted by molar-refractivity contribution is 0.0739. The third kappa shape index (κ3) is 2.71. The smallest absolute Gasteiger partial charge is 0.272 e. The number of hydrogen-bond acceptors (Lipinski definition) is 5. The number of aromatic nitrogens is 4. The number of nitrogen functional groups attached to an aromatic ring is 1. The minimum atomic E-state index is -0.314. The van der Waals surface area contributed by atoms with E-state index in [9.17, 15) is 9.18 Å². The van der Waals surface area contributed by atoms with Gasteiger partial charge in [0, 0.05) is 30.9 Å². The fourth-order valence-corrected chi connectivity index (χ4v) is 2.90. The molecule has 0 saturated heterocycles. The fraction of sp³-hybridized carbons (Fsp3) is 0.176. The van der Waals surface area contributed by atoms with Crippen LogP contribution in [0.2, 0.25) is 0 Å². The Balaban J connectivity index is 1.60. The van der Waals surface area contributed by atoms with E-state index in [2.05, 4.69) is 15.1 Å². The Kier molecular flexibility index (Phi) is 3.45. The van der Waals surface area contributed by atoms with Crippen LogP contribution in [0.3, 0.4) is 0 Å². The molecule has 0 spiro atoms. The predicted molar refractivity (Wildman–Crippen MR) is 88.6 cm³/mol. The maximum Gasteiger partial charge on any atom is 0.272 e. The first-order valence-corrected chi connectivity index (χ1v) is 7.71. The molecule has 0 atom stereocenters. The second kappa shape index (κ2) is 5.66. The van der Waals surface area contributed by atoms with Crippen LogP contribution < -0.4 is 5.73 Å². The lowest BCUT2D eigenvalue weighted by atomic mass is 10.1. The Hall–Kier alpha value is -3.29. The molecule has 2 N–H and O–H groups in total. The summed E-state index contributed by atoms with van der Waals surface area (Å²) in [6, 6.07) is 7.71. The monoisotopic (exact) mass is 338 g/mol. The van der Waals surface area contributed by atoms with Gasteiger partial charge in [-0.15, -0.1) is 0 Å². The van der Waals surface area contributed by atoms with Crippen LogP contribution in [0.25, 0.3) is 11.3 Å². The van der Waals surface area contributed by atoms with E-state index in [1.807, 2.05) is 0 Å². The topological polar surface area (TPSA) is 89.9 Å². The van der Waals surface area contributed by atoms with E-state index in [-0.39, 0.29) is 17.7 Å². The summed E-state index contributed by atoms with van der Waals surface area (Å²) < 4.78 is 14.6. The molecule has 1 amide bonds. The third-order valence-corrected chi connectivity index (χ3v) is 4.20. The van der Waals surface area contributed by atoms with Crippen LogP contribution in [0.4, 0.5) is 10.3 Å². The van der Waals surface area contributed by atoms with Gasteiger partial charge in [-0.05, 0) is 30.3 Å². The van der Waals surface area contributed by atoms with Gasteiger partial charge in [-0.1, -0.05) is 0 Å². The van der Waals surface area contributed by atoms with E-state index in [1.54, 1.807) is 36.3 Å². The van der Waals surface area contributed by atoms with Crippen molar-refractivity contribution in [3.63, 3.8) is 0 Å². The molecule has 8 heteroatoms. The molecule has 4 rings (SSSR count). The summed E-state index contributed by atoms with van der Waals surface area (Å²) in [5.41, 5.74) is 9.08. The number of hydrogen-bond donors (Lipinski definition) is 1. The first-order valence-electron chi connectivity index (χ1n) is 7.71. The van der Waals surface area contributed by atoms with Crippen molar-refractivity contribution in [2.45, 2.75) is 13.1 Å². The SMILES string of the molecule is Cn1nc(-c2ccc(F)cc2)cc1C(=O)N1Cc2cnc(N)nc2C1. The summed E-state index contributed by atoms with van der Waals surface area (Å²) in [4.78, 5) is 22.7. The molecule has 3 heterocycles. The molecule has 126 valence electrons. The van der Waals surface area contributed by atoms with Crippen LogP contribution >= 0.6 is 0 Å². The first-order chi connectivity index (χ1) is 12.0. The number of anilines is 1. The van der Waals surface area contributed by atoms with Gasteiger partial charge in [-0.3, -0.25) is 9.48 Å². The van der Waals surface area contributed by atoms with E-state index in [1.165, 1.54) is 16.8 Å². The van der Waals surface area contributed by atoms with Crippen molar-refractivity contribution < 1.29 is 9.18 Å². The molecule has 0 unspecified atom stereocenters. The fourth-order valence-electron chi connectivity index (χ4n) is 2.90. The summed E-state index contributed by atoms with van der Waals surface area (Å²) in [5, 5.41) is 4.37. The zero-order chi connectivity index (χ0) is 17.6. The highest BCUT2D eigenvalue weighted by atomic mass is 19.1. The molecule has 0 radical (unpaired) electrons. The zero-order valence-corrected chi connectivity index (χ0v) is 13.5. The van der Waals surface area contributed by atoms with Crippen molar-refractivity contribution >= 4 is 11.9 Å². The molecule has 0 saturated carbocycles. The van der Waals surface area contributed by atoms with E-state index in [0.29, 0.717) is 24.5 Å². The van der Waals surface area contributed by atoms with Gasteiger partial charge in [0.2, 0.25) is 5.95 Å². The van der Waals surface area contributed by atoms with Gasteiger partial charge in [0.05, 0.1) is 17.9 Å². The molecule has 0 fully saturated rings. The molecular weight excluding hydrogens is 323 g/mol. The number of halogens is 1. The molecule has 0 bridgehead atoms. The van der Waals surface area contributed by atoms with Crippen LogP contribution in [0.1, 0.15) is 21.7 Å². The molecular formula is C17H15FN6O. The summed E-state index contributed by atoms with van der Waals surface area (Å²) in [6.07, 6.45) is 1.65. The van der Waals surface area contributed by atoms with Gasteiger partial charge in [0.15, 0.2) is 0 Å². The third-order valence-electron chi connectivity index (χ3n) is 4.20. The molecule has 1 aliphatic heterocycles. The van der Waals surface area contributed by atoms with Crippen molar-refractivity contribution in [3.8, 4) is 11.3 Å². The van der Waals surface area contributed by atoms with Crippen molar-refractivity contribution in [1.82, 2.24) is 24.6 Å². The normalized spacial score (nSPS) is 13.1. The number of nitrogens with two attached hydrogens (primary N) is 1. The molecule has 1 aliphatic rings. The quantitative estimate of drug-likeness (QED) is 0.769. The number of nitrogens with zero attached hydrogens (tertiary/aromatic N) is 5. The molecule has 7 nitrogen and oxygen atoms in total. The van der Waals surface area contributed by atoms with E-state index in [0.717, 1.165) is 16.8 Å². The summed E-state index contributed by atoms with van der Waals surface area (Å²) in [7, 11) is 1.71.